The summed E-state index contributed by atoms with van der Waals surface area (Å²) in [5.41, 5.74) is 1.86. The quantitative estimate of drug-likeness (QED) is 0.815. The first-order chi connectivity index (χ1) is 12.5. The van der Waals surface area contributed by atoms with Crippen molar-refractivity contribution in [3.8, 4) is 0 Å². The molecule has 1 N–H and O–H groups in total. The first kappa shape index (κ1) is 18.6. The summed E-state index contributed by atoms with van der Waals surface area (Å²) in [6.45, 7) is 4.63. The standard InChI is InChI=1S/C18H24N4O3S/c1-2-26(24,25)18-20-12-16(14-21-10-8-17(23)19-9-11-21)22(18)13-15-6-4-3-5-7-15/h3-7,12H,2,8-11,13-14H2,1H3,(H,19,23). The molecular weight excluding hydrogens is 352 g/mol. The third kappa shape index (κ3) is 4.31. The van der Waals surface area contributed by atoms with E-state index in [1.807, 2.05) is 30.3 Å². The van der Waals surface area contributed by atoms with E-state index in [-0.39, 0.29) is 16.8 Å². The molecule has 1 saturated heterocycles. The van der Waals surface area contributed by atoms with Gasteiger partial charge < -0.3 is 9.88 Å². The molecular formula is C18H24N4O3S. The number of nitrogens with zero attached hydrogens (tertiary/aromatic N) is 3. The molecule has 7 nitrogen and oxygen atoms in total. The minimum Gasteiger partial charge on any atom is -0.355 e. The van der Waals surface area contributed by atoms with E-state index in [0.29, 0.717) is 32.6 Å². The molecule has 0 spiro atoms. The summed E-state index contributed by atoms with van der Waals surface area (Å²) in [5, 5.41) is 2.97. The predicted octanol–water partition coefficient (Wildman–Crippen LogP) is 1.05. The van der Waals surface area contributed by atoms with Crippen LogP contribution in [0, 0.1) is 0 Å². The molecule has 1 aliphatic rings. The Kier molecular flexibility index (Phi) is 5.73. The number of benzene rings is 1. The second kappa shape index (κ2) is 8.01. The van der Waals surface area contributed by atoms with E-state index >= 15 is 0 Å². The van der Waals surface area contributed by atoms with Gasteiger partial charge in [-0.1, -0.05) is 37.3 Å². The van der Waals surface area contributed by atoms with Gasteiger partial charge in [-0.05, 0) is 5.56 Å². The highest BCUT2D eigenvalue weighted by molar-refractivity contribution is 7.91. The van der Waals surface area contributed by atoms with Crippen LogP contribution in [0.15, 0.2) is 41.7 Å². The van der Waals surface area contributed by atoms with Crippen LogP contribution in [0.3, 0.4) is 0 Å². The van der Waals surface area contributed by atoms with Gasteiger partial charge in [0.05, 0.1) is 24.2 Å². The second-order valence-electron chi connectivity index (χ2n) is 6.38. The van der Waals surface area contributed by atoms with E-state index in [1.54, 1.807) is 17.7 Å². The lowest BCUT2D eigenvalue weighted by atomic mass is 10.2. The molecule has 1 aromatic carbocycles. The van der Waals surface area contributed by atoms with Crippen molar-refractivity contribution in [3.63, 3.8) is 0 Å². The van der Waals surface area contributed by atoms with Crippen LogP contribution in [0.4, 0.5) is 0 Å². The van der Waals surface area contributed by atoms with Crippen molar-refractivity contribution in [3.05, 3.63) is 47.8 Å². The van der Waals surface area contributed by atoms with Crippen molar-refractivity contribution >= 4 is 15.7 Å². The van der Waals surface area contributed by atoms with Gasteiger partial charge >= 0.3 is 0 Å². The normalized spacial score (nSPS) is 16.3. The zero-order valence-corrected chi connectivity index (χ0v) is 15.7. The summed E-state index contributed by atoms with van der Waals surface area (Å²) in [7, 11) is -3.42. The first-order valence-electron chi connectivity index (χ1n) is 8.79. The summed E-state index contributed by atoms with van der Waals surface area (Å²) in [6, 6.07) is 9.75. The zero-order chi connectivity index (χ0) is 18.6. The monoisotopic (exact) mass is 376 g/mol. The number of carbonyl (C=O) groups is 1. The lowest BCUT2D eigenvalue weighted by Crippen LogP contribution is -2.29. The van der Waals surface area contributed by atoms with E-state index < -0.39 is 9.84 Å². The highest BCUT2D eigenvalue weighted by atomic mass is 32.2. The summed E-state index contributed by atoms with van der Waals surface area (Å²) in [5.74, 6) is 0.0694. The van der Waals surface area contributed by atoms with Gasteiger partial charge in [0.2, 0.25) is 20.9 Å². The topological polar surface area (TPSA) is 84.3 Å². The lowest BCUT2D eigenvalue weighted by Gasteiger charge is -2.20. The largest absolute Gasteiger partial charge is 0.355 e. The van der Waals surface area contributed by atoms with Gasteiger partial charge in [0.1, 0.15) is 0 Å². The van der Waals surface area contributed by atoms with Crippen LogP contribution in [-0.2, 0) is 27.7 Å². The number of sulfone groups is 1. The summed E-state index contributed by atoms with van der Waals surface area (Å²) < 4.78 is 26.7. The van der Waals surface area contributed by atoms with Crippen LogP contribution < -0.4 is 5.32 Å². The maximum atomic E-state index is 12.5. The number of aromatic nitrogens is 2. The van der Waals surface area contributed by atoms with Gasteiger partial charge in [0, 0.05) is 32.6 Å². The average molecular weight is 376 g/mol. The summed E-state index contributed by atoms with van der Waals surface area (Å²) in [6.07, 6.45) is 2.10. The molecule has 1 aromatic heterocycles. The maximum absolute atomic E-state index is 12.5. The van der Waals surface area contributed by atoms with Crippen molar-refractivity contribution in [1.82, 2.24) is 19.8 Å². The van der Waals surface area contributed by atoms with E-state index in [9.17, 15) is 13.2 Å². The number of rotatable bonds is 6. The fraction of sp³-hybridized carbons (Fsp3) is 0.444. The highest BCUT2D eigenvalue weighted by Gasteiger charge is 2.23. The van der Waals surface area contributed by atoms with Crippen LogP contribution in [0.2, 0.25) is 0 Å². The predicted molar refractivity (Wildman–Crippen MR) is 98.4 cm³/mol. The van der Waals surface area contributed by atoms with Crippen molar-refractivity contribution in [2.45, 2.75) is 31.6 Å². The Labute approximate surface area is 154 Å². The minimum absolute atomic E-state index is 0.0143. The number of hydrogen-bond acceptors (Lipinski definition) is 5. The van der Waals surface area contributed by atoms with E-state index in [0.717, 1.165) is 17.8 Å². The number of nitrogens with one attached hydrogen (secondary N) is 1. The second-order valence-corrected chi connectivity index (χ2v) is 8.56. The Morgan fingerprint density at radius 1 is 1.15 bits per heavy atom. The van der Waals surface area contributed by atoms with Crippen molar-refractivity contribution in [2.24, 2.45) is 0 Å². The molecule has 0 atom stereocenters. The lowest BCUT2D eigenvalue weighted by molar-refractivity contribution is -0.120. The number of carbonyl (C=O) groups excluding carboxylic acids is 1. The van der Waals surface area contributed by atoms with E-state index in [2.05, 4.69) is 15.2 Å². The molecule has 26 heavy (non-hydrogen) atoms. The molecule has 2 heterocycles. The molecule has 0 unspecified atom stereocenters. The van der Waals surface area contributed by atoms with Crippen molar-refractivity contribution in [2.75, 3.05) is 25.4 Å². The van der Waals surface area contributed by atoms with Crippen LogP contribution in [0.1, 0.15) is 24.6 Å². The number of imidazole rings is 1. The van der Waals surface area contributed by atoms with Gasteiger partial charge in [-0.3, -0.25) is 9.69 Å². The first-order valence-corrected chi connectivity index (χ1v) is 10.4. The Balaban J connectivity index is 1.90. The molecule has 2 aromatic rings. The Bertz CT molecular complexity index is 862. The van der Waals surface area contributed by atoms with Gasteiger partial charge in [0.25, 0.3) is 0 Å². The third-order valence-corrected chi connectivity index (χ3v) is 6.18. The van der Waals surface area contributed by atoms with Crippen molar-refractivity contribution in [1.29, 1.82) is 0 Å². The molecule has 1 aliphatic heterocycles. The maximum Gasteiger partial charge on any atom is 0.228 e. The molecule has 0 saturated carbocycles. The summed E-state index contributed by atoms with van der Waals surface area (Å²) in [4.78, 5) is 17.9. The fourth-order valence-electron chi connectivity index (χ4n) is 3.03. The Morgan fingerprint density at radius 3 is 2.65 bits per heavy atom. The van der Waals surface area contributed by atoms with Gasteiger partial charge in [-0.2, -0.15) is 0 Å². The smallest absolute Gasteiger partial charge is 0.228 e. The molecule has 1 fully saturated rings. The van der Waals surface area contributed by atoms with E-state index in [4.69, 9.17) is 0 Å². The van der Waals surface area contributed by atoms with Crippen LogP contribution >= 0.6 is 0 Å². The summed E-state index contributed by atoms with van der Waals surface area (Å²) >= 11 is 0. The van der Waals surface area contributed by atoms with Gasteiger partial charge in [-0.25, -0.2) is 13.4 Å². The molecule has 8 heteroatoms. The number of hydrogen-bond donors (Lipinski definition) is 1. The van der Waals surface area contributed by atoms with E-state index in [1.165, 1.54) is 0 Å². The highest BCUT2D eigenvalue weighted by Crippen LogP contribution is 2.18. The molecule has 3 rings (SSSR count). The van der Waals surface area contributed by atoms with Crippen molar-refractivity contribution < 1.29 is 13.2 Å². The fourth-order valence-corrected chi connectivity index (χ4v) is 4.02. The van der Waals surface area contributed by atoms with Gasteiger partial charge in [-0.15, -0.1) is 0 Å². The molecule has 0 bridgehead atoms. The average Bonchev–Trinajstić information content (AvgIpc) is 2.91. The SMILES string of the molecule is CCS(=O)(=O)c1ncc(CN2CCNC(=O)CC2)n1Cc1ccccc1. The molecule has 1 amide bonds. The molecule has 0 radical (unpaired) electrons. The van der Waals surface area contributed by atoms with Gasteiger partial charge in [0.15, 0.2) is 0 Å². The number of amides is 1. The molecule has 140 valence electrons. The Morgan fingerprint density at radius 2 is 1.92 bits per heavy atom. The van der Waals surface area contributed by atoms with Crippen LogP contribution in [-0.4, -0.2) is 54.2 Å². The van der Waals surface area contributed by atoms with Crippen LogP contribution in [0.25, 0.3) is 0 Å². The Hall–Kier alpha value is -2.19. The molecule has 0 aliphatic carbocycles. The third-order valence-electron chi connectivity index (χ3n) is 4.53. The van der Waals surface area contributed by atoms with Crippen LogP contribution in [0.5, 0.6) is 0 Å². The minimum atomic E-state index is -3.42. The zero-order valence-electron chi connectivity index (χ0n) is 14.9.